The molecular weight excluding hydrogens is 380 g/mol. The lowest BCUT2D eigenvalue weighted by Gasteiger charge is -2.17. The van der Waals surface area contributed by atoms with Crippen LogP contribution in [0.25, 0.3) is 21.8 Å². The molecule has 1 aromatic carbocycles. The maximum Gasteiger partial charge on any atom is 0.336 e. The van der Waals surface area contributed by atoms with E-state index in [-0.39, 0.29) is 11.1 Å². The number of aromatic carboxylic acids is 2. The van der Waals surface area contributed by atoms with Gasteiger partial charge in [-0.3, -0.25) is 9.97 Å². The minimum atomic E-state index is -1.01. The predicted octanol–water partition coefficient (Wildman–Crippen LogP) is 5.21. The minimum absolute atomic E-state index is 0.222. The van der Waals surface area contributed by atoms with Gasteiger partial charge in [0.15, 0.2) is 0 Å². The standard InChI is InChI=1S/C24H28N2O4/c1-5-9-17-13(7-3)21(23(27)28)15-11-16-20(12-19(15)25-17)26-18(10-6-2)14(8-4)22(16)24(29)30/h11-12H,5-10H2,1-4H3,(H,27,28)(H,29,30). The first-order chi connectivity index (χ1) is 14.4. The number of nitrogens with zero attached hydrogens (tertiary/aromatic N) is 2. The van der Waals surface area contributed by atoms with Gasteiger partial charge in [-0.1, -0.05) is 40.5 Å². The van der Waals surface area contributed by atoms with Crippen LogP contribution in [0.4, 0.5) is 0 Å². The van der Waals surface area contributed by atoms with Crippen molar-refractivity contribution in [3.63, 3.8) is 0 Å². The Labute approximate surface area is 176 Å². The predicted molar refractivity (Wildman–Crippen MR) is 118 cm³/mol. The van der Waals surface area contributed by atoms with Crippen molar-refractivity contribution in [2.45, 2.75) is 66.2 Å². The van der Waals surface area contributed by atoms with Gasteiger partial charge >= 0.3 is 11.9 Å². The molecule has 0 radical (unpaired) electrons. The molecule has 0 aliphatic heterocycles. The summed E-state index contributed by atoms with van der Waals surface area (Å²) in [5, 5.41) is 20.9. The number of benzene rings is 1. The number of hydrogen-bond donors (Lipinski definition) is 2. The van der Waals surface area contributed by atoms with E-state index in [4.69, 9.17) is 9.97 Å². The van der Waals surface area contributed by atoms with E-state index >= 15 is 0 Å². The van der Waals surface area contributed by atoms with E-state index in [1.165, 1.54) is 0 Å². The number of pyridine rings is 2. The molecule has 0 aliphatic carbocycles. The van der Waals surface area contributed by atoms with Gasteiger partial charge in [0.2, 0.25) is 0 Å². The number of carboxylic acids is 2. The van der Waals surface area contributed by atoms with Crippen molar-refractivity contribution in [1.82, 2.24) is 9.97 Å². The van der Waals surface area contributed by atoms with Crippen LogP contribution >= 0.6 is 0 Å². The first-order valence-corrected chi connectivity index (χ1v) is 10.6. The quantitative estimate of drug-likeness (QED) is 0.496. The van der Waals surface area contributed by atoms with Crippen LogP contribution in [0.5, 0.6) is 0 Å². The van der Waals surface area contributed by atoms with Crippen molar-refractivity contribution in [2.24, 2.45) is 0 Å². The van der Waals surface area contributed by atoms with Gasteiger partial charge in [-0.05, 0) is 48.9 Å². The lowest BCUT2D eigenvalue weighted by molar-refractivity contribution is 0.0687. The van der Waals surface area contributed by atoms with Gasteiger partial charge < -0.3 is 10.2 Å². The first-order valence-electron chi connectivity index (χ1n) is 10.6. The number of aromatic nitrogens is 2. The summed E-state index contributed by atoms with van der Waals surface area (Å²) in [6.07, 6.45) is 4.22. The number of carboxylic acid groups (broad SMARTS) is 2. The Morgan fingerprint density at radius 3 is 1.43 bits per heavy atom. The molecule has 0 spiro atoms. The van der Waals surface area contributed by atoms with Gasteiger partial charge in [-0.15, -0.1) is 0 Å². The highest BCUT2D eigenvalue weighted by Crippen LogP contribution is 2.32. The van der Waals surface area contributed by atoms with Crippen molar-refractivity contribution in [2.75, 3.05) is 0 Å². The van der Waals surface area contributed by atoms with Gasteiger partial charge in [-0.25, -0.2) is 9.59 Å². The molecule has 158 valence electrons. The van der Waals surface area contributed by atoms with Crippen LogP contribution in [0, 0.1) is 0 Å². The van der Waals surface area contributed by atoms with Crippen molar-refractivity contribution < 1.29 is 19.8 Å². The molecule has 3 rings (SSSR count). The van der Waals surface area contributed by atoms with Crippen LogP contribution in [0.1, 0.15) is 83.8 Å². The van der Waals surface area contributed by atoms with Crippen LogP contribution in [0.2, 0.25) is 0 Å². The molecule has 2 N–H and O–H groups in total. The van der Waals surface area contributed by atoms with Gasteiger partial charge in [0, 0.05) is 22.2 Å². The zero-order valence-electron chi connectivity index (χ0n) is 18.0. The molecule has 2 aromatic heterocycles. The lowest BCUT2D eigenvalue weighted by atomic mass is 9.92. The fraction of sp³-hybridized carbons (Fsp3) is 0.417. The van der Waals surface area contributed by atoms with Gasteiger partial charge in [0.25, 0.3) is 0 Å². The Kier molecular flexibility index (Phi) is 6.34. The molecule has 30 heavy (non-hydrogen) atoms. The fourth-order valence-corrected chi connectivity index (χ4v) is 4.34. The van der Waals surface area contributed by atoms with E-state index in [0.717, 1.165) is 35.4 Å². The summed E-state index contributed by atoms with van der Waals surface area (Å²) in [6, 6.07) is 3.42. The molecule has 6 heteroatoms. The third-order valence-corrected chi connectivity index (χ3v) is 5.57. The summed E-state index contributed by atoms with van der Waals surface area (Å²) in [5.74, 6) is -2.03. The van der Waals surface area contributed by atoms with Gasteiger partial charge in [0.05, 0.1) is 22.2 Å². The summed E-state index contributed by atoms with van der Waals surface area (Å²) in [7, 11) is 0. The molecular formula is C24H28N2O4. The average molecular weight is 408 g/mol. The van der Waals surface area contributed by atoms with Crippen LogP contribution < -0.4 is 0 Å². The smallest absolute Gasteiger partial charge is 0.336 e. The Hall–Kier alpha value is -3.02. The zero-order chi connectivity index (χ0) is 22.0. The Morgan fingerprint density at radius 1 is 0.733 bits per heavy atom. The highest BCUT2D eigenvalue weighted by atomic mass is 16.4. The van der Waals surface area contributed by atoms with Crippen molar-refractivity contribution in [3.8, 4) is 0 Å². The number of rotatable bonds is 8. The molecule has 0 fully saturated rings. The van der Waals surface area contributed by atoms with Gasteiger partial charge in [0.1, 0.15) is 0 Å². The van der Waals surface area contributed by atoms with Gasteiger partial charge in [-0.2, -0.15) is 0 Å². The average Bonchev–Trinajstić information content (AvgIpc) is 2.70. The third-order valence-electron chi connectivity index (χ3n) is 5.57. The number of hydrogen-bond acceptors (Lipinski definition) is 4. The molecule has 0 saturated carbocycles. The summed E-state index contributed by atoms with van der Waals surface area (Å²) in [5.41, 5.74) is 4.58. The highest BCUT2D eigenvalue weighted by Gasteiger charge is 2.23. The van der Waals surface area contributed by atoms with Crippen LogP contribution in [-0.4, -0.2) is 32.1 Å². The second kappa shape index (κ2) is 8.78. The monoisotopic (exact) mass is 408 g/mol. The molecule has 2 heterocycles. The van der Waals surface area contributed by atoms with Crippen molar-refractivity contribution in [3.05, 3.63) is 45.8 Å². The van der Waals surface area contributed by atoms with E-state index in [1.807, 2.05) is 27.7 Å². The number of carbonyl (C=O) groups is 2. The summed E-state index contributed by atoms with van der Waals surface area (Å²) >= 11 is 0. The number of aryl methyl sites for hydroxylation is 2. The largest absolute Gasteiger partial charge is 0.478 e. The first kappa shape index (κ1) is 21.7. The van der Waals surface area contributed by atoms with Crippen LogP contribution in [0.15, 0.2) is 12.1 Å². The second-order valence-electron chi connectivity index (χ2n) is 7.53. The van der Waals surface area contributed by atoms with Crippen molar-refractivity contribution in [1.29, 1.82) is 0 Å². The van der Waals surface area contributed by atoms with E-state index < -0.39 is 11.9 Å². The Balaban J connectivity index is 2.52. The molecule has 0 aliphatic rings. The molecule has 3 aromatic rings. The maximum absolute atomic E-state index is 12.2. The fourth-order valence-electron chi connectivity index (χ4n) is 4.34. The molecule has 6 nitrogen and oxygen atoms in total. The normalized spacial score (nSPS) is 11.3. The zero-order valence-corrected chi connectivity index (χ0v) is 18.0. The van der Waals surface area contributed by atoms with E-state index in [0.29, 0.717) is 47.5 Å². The van der Waals surface area contributed by atoms with E-state index in [1.54, 1.807) is 12.1 Å². The topological polar surface area (TPSA) is 100 Å². The Morgan fingerprint density at radius 2 is 1.13 bits per heavy atom. The SMILES string of the molecule is CCCc1nc2cc3nc(CCC)c(CC)c(C(=O)O)c3cc2c(C(=O)O)c1CC. The van der Waals surface area contributed by atoms with E-state index in [9.17, 15) is 19.8 Å². The molecule has 0 unspecified atom stereocenters. The molecule has 0 atom stereocenters. The summed E-state index contributed by atoms with van der Waals surface area (Å²) < 4.78 is 0. The summed E-state index contributed by atoms with van der Waals surface area (Å²) in [4.78, 5) is 34.0. The summed E-state index contributed by atoms with van der Waals surface area (Å²) in [6.45, 7) is 7.92. The molecule has 0 saturated heterocycles. The van der Waals surface area contributed by atoms with Crippen molar-refractivity contribution >= 4 is 33.7 Å². The van der Waals surface area contributed by atoms with Crippen LogP contribution in [0.3, 0.4) is 0 Å². The molecule has 0 amide bonds. The third kappa shape index (κ3) is 3.62. The minimum Gasteiger partial charge on any atom is -0.478 e. The second-order valence-corrected chi connectivity index (χ2v) is 7.53. The molecule has 0 bridgehead atoms. The lowest BCUT2D eigenvalue weighted by Crippen LogP contribution is -2.11. The van der Waals surface area contributed by atoms with Crippen LogP contribution in [-0.2, 0) is 25.7 Å². The number of fused-ring (bicyclic) bond motifs is 2. The highest BCUT2D eigenvalue weighted by molar-refractivity contribution is 6.12. The Bertz CT molecular complexity index is 1060. The maximum atomic E-state index is 12.2. The van der Waals surface area contributed by atoms with E-state index in [2.05, 4.69) is 0 Å².